The summed E-state index contributed by atoms with van der Waals surface area (Å²) >= 11 is 0. The van der Waals surface area contributed by atoms with E-state index < -0.39 is 0 Å². The molecule has 16 heavy (non-hydrogen) atoms. The van der Waals surface area contributed by atoms with Crippen LogP contribution in [-0.4, -0.2) is 0 Å². The van der Waals surface area contributed by atoms with E-state index >= 15 is 0 Å². The fourth-order valence-corrected chi connectivity index (χ4v) is 2.59. The average molecular weight is 209 g/mol. The molecule has 0 aliphatic heterocycles. The zero-order valence-electron chi connectivity index (χ0n) is 9.67. The van der Waals surface area contributed by atoms with Crippen LogP contribution in [0.15, 0.2) is 30.3 Å². The summed E-state index contributed by atoms with van der Waals surface area (Å²) in [5.74, 6) is 0. The molecule has 0 fully saturated rings. The summed E-state index contributed by atoms with van der Waals surface area (Å²) < 4.78 is 0. The predicted molar refractivity (Wildman–Crippen MR) is 68.6 cm³/mol. The Hall–Kier alpha value is -1.76. The van der Waals surface area contributed by atoms with Gasteiger partial charge in [0.05, 0.1) is 0 Å². The molecule has 0 amide bonds. The molecule has 0 aromatic heterocycles. The molecule has 1 aliphatic rings. The van der Waals surface area contributed by atoms with Crippen LogP contribution >= 0.6 is 0 Å². The van der Waals surface area contributed by atoms with Crippen LogP contribution in [0.3, 0.4) is 0 Å². The van der Waals surface area contributed by atoms with E-state index in [1.165, 1.54) is 33.4 Å². The summed E-state index contributed by atoms with van der Waals surface area (Å²) in [5.41, 5.74) is 15.1. The normalized spacial score (nSPS) is 12.4. The van der Waals surface area contributed by atoms with Crippen molar-refractivity contribution >= 4 is 5.69 Å². The first-order chi connectivity index (χ1) is 7.68. The van der Waals surface area contributed by atoms with E-state index in [2.05, 4.69) is 44.2 Å². The van der Waals surface area contributed by atoms with Crippen molar-refractivity contribution in [3.8, 4) is 11.1 Å². The monoisotopic (exact) mass is 209 g/mol. The summed E-state index contributed by atoms with van der Waals surface area (Å²) in [6.45, 7) is 4.28. The zero-order valence-corrected chi connectivity index (χ0v) is 9.67. The molecular weight excluding hydrogens is 194 g/mol. The van der Waals surface area contributed by atoms with Crippen molar-refractivity contribution in [3.05, 3.63) is 52.6 Å². The van der Waals surface area contributed by atoms with Crippen molar-refractivity contribution in [3.63, 3.8) is 0 Å². The highest BCUT2D eigenvalue weighted by atomic mass is 14.6. The van der Waals surface area contributed by atoms with Crippen LogP contribution in [-0.2, 0) is 6.42 Å². The first-order valence-electron chi connectivity index (χ1n) is 5.65. The number of anilines is 1. The Labute approximate surface area is 95.9 Å². The van der Waals surface area contributed by atoms with Gasteiger partial charge in [0.15, 0.2) is 0 Å². The third-order valence-electron chi connectivity index (χ3n) is 3.75. The zero-order chi connectivity index (χ0) is 11.3. The van der Waals surface area contributed by atoms with Crippen LogP contribution in [0.5, 0.6) is 0 Å². The summed E-state index contributed by atoms with van der Waals surface area (Å²) in [6, 6.07) is 10.7. The number of nitrogens with two attached hydrogens (primary N) is 1. The van der Waals surface area contributed by atoms with E-state index in [-0.39, 0.29) is 0 Å². The highest BCUT2D eigenvalue weighted by Gasteiger charge is 2.21. The Bertz CT molecular complexity index is 582. The number of fused-ring (bicyclic) bond motifs is 3. The molecule has 0 saturated heterocycles. The number of rotatable bonds is 0. The maximum absolute atomic E-state index is 6.05. The van der Waals surface area contributed by atoms with Gasteiger partial charge in [-0.25, -0.2) is 0 Å². The molecule has 0 spiro atoms. The van der Waals surface area contributed by atoms with Crippen LogP contribution in [0.25, 0.3) is 11.1 Å². The quantitative estimate of drug-likeness (QED) is 0.564. The van der Waals surface area contributed by atoms with E-state index in [4.69, 9.17) is 5.73 Å². The molecule has 0 heterocycles. The van der Waals surface area contributed by atoms with Gasteiger partial charge < -0.3 is 5.73 Å². The lowest BCUT2D eigenvalue weighted by Crippen LogP contribution is -1.96. The maximum atomic E-state index is 6.05. The highest BCUT2D eigenvalue weighted by Crippen LogP contribution is 2.40. The second-order valence-electron chi connectivity index (χ2n) is 4.58. The van der Waals surface area contributed by atoms with Gasteiger partial charge in [-0.1, -0.05) is 24.3 Å². The molecule has 0 atom stereocenters. The van der Waals surface area contributed by atoms with Crippen LogP contribution in [0.1, 0.15) is 22.3 Å². The minimum atomic E-state index is 0.910. The molecular formula is C15H15N. The first-order valence-corrected chi connectivity index (χ1v) is 5.65. The van der Waals surface area contributed by atoms with Gasteiger partial charge >= 0.3 is 0 Å². The van der Waals surface area contributed by atoms with Gasteiger partial charge in [0.1, 0.15) is 0 Å². The summed E-state index contributed by atoms with van der Waals surface area (Å²) in [5, 5.41) is 0. The van der Waals surface area contributed by atoms with Gasteiger partial charge in [-0.3, -0.25) is 0 Å². The van der Waals surface area contributed by atoms with Crippen molar-refractivity contribution in [1.82, 2.24) is 0 Å². The minimum absolute atomic E-state index is 0.910. The van der Waals surface area contributed by atoms with E-state index in [1.54, 1.807) is 0 Å². The molecule has 0 bridgehead atoms. The SMILES string of the molecule is Cc1c(N)cc2c(c1C)Cc1ccccc1-2. The summed E-state index contributed by atoms with van der Waals surface area (Å²) in [7, 11) is 0. The van der Waals surface area contributed by atoms with Crippen LogP contribution in [0.2, 0.25) is 0 Å². The van der Waals surface area contributed by atoms with Crippen molar-refractivity contribution in [2.24, 2.45) is 0 Å². The van der Waals surface area contributed by atoms with Crippen LogP contribution in [0.4, 0.5) is 5.69 Å². The molecule has 80 valence electrons. The average Bonchev–Trinajstić information content (AvgIpc) is 2.65. The Morgan fingerprint density at radius 2 is 1.75 bits per heavy atom. The fraction of sp³-hybridized carbons (Fsp3) is 0.200. The van der Waals surface area contributed by atoms with Gasteiger partial charge in [-0.05, 0) is 59.7 Å². The van der Waals surface area contributed by atoms with Gasteiger partial charge in [0.2, 0.25) is 0 Å². The number of nitrogen functional groups attached to an aromatic ring is 1. The lowest BCUT2D eigenvalue weighted by molar-refractivity contribution is 1.19. The third kappa shape index (κ3) is 1.12. The molecule has 2 aromatic carbocycles. The smallest absolute Gasteiger partial charge is 0.0352 e. The fourth-order valence-electron chi connectivity index (χ4n) is 2.59. The molecule has 2 N–H and O–H groups in total. The number of hydrogen-bond donors (Lipinski definition) is 1. The first kappa shape index (κ1) is 9.46. The highest BCUT2D eigenvalue weighted by molar-refractivity contribution is 5.81. The summed E-state index contributed by atoms with van der Waals surface area (Å²) in [4.78, 5) is 0. The van der Waals surface area contributed by atoms with Crippen molar-refractivity contribution in [2.45, 2.75) is 20.3 Å². The molecule has 3 rings (SSSR count). The Balaban J connectivity index is 2.34. The van der Waals surface area contributed by atoms with Crippen molar-refractivity contribution < 1.29 is 0 Å². The molecule has 1 aliphatic carbocycles. The van der Waals surface area contributed by atoms with E-state index in [1.807, 2.05) is 0 Å². The second-order valence-corrected chi connectivity index (χ2v) is 4.58. The van der Waals surface area contributed by atoms with Gasteiger partial charge in [-0.2, -0.15) is 0 Å². The van der Waals surface area contributed by atoms with Gasteiger partial charge in [0, 0.05) is 5.69 Å². The van der Waals surface area contributed by atoms with E-state index in [0.29, 0.717) is 0 Å². The molecule has 0 saturated carbocycles. The molecule has 1 nitrogen and oxygen atoms in total. The van der Waals surface area contributed by atoms with Crippen molar-refractivity contribution in [2.75, 3.05) is 5.73 Å². The van der Waals surface area contributed by atoms with Gasteiger partial charge in [-0.15, -0.1) is 0 Å². The van der Waals surface area contributed by atoms with Crippen LogP contribution in [0, 0.1) is 13.8 Å². The number of hydrogen-bond acceptors (Lipinski definition) is 1. The predicted octanol–water partition coefficient (Wildman–Crippen LogP) is 3.46. The Kier molecular flexibility index (Phi) is 1.84. The standard InChI is InChI=1S/C15H15N/c1-9-10(2)15(16)8-14-12-6-4-3-5-11(12)7-13(9)14/h3-6,8H,7,16H2,1-2H3. The lowest BCUT2D eigenvalue weighted by atomic mass is 9.96. The Morgan fingerprint density at radius 3 is 2.56 bits per heavy atom. The topological polar surface area (TPSA) is 26.0 Å². The van der Waals surface area contributed by atoms with Crippen LogP contribution < -0.4 is 5.73 Å². The van der Waals surface area contributed by atoms with Gasteiger partial charge in [0.25, 0.3) is 0 Å². The number of benzene rings is 2. The largest absolute Gasteiger partial charge is 0.398 e. The summed E-state index contributed by atoms with van der Waals surface area (Å²) in [6.07, 6.45) is 1.05. The van der Waals surface area contributed by atoms with Crippen molar-refractivity contribution in [1.29, 1.82) is 0 Å². The molecule has 1 heteroatoms. The molecule has 2 aromatic rings. The van der Waals surface area contributed by atoms with E-state index in [9.17, 15) is 0 Å². The molecule has 0 unspecified atom stereocenters. The second kappa shape index (κ2) is 3.11. The molecule has 0 radical (unpaired) electrons. The van der Waals surface area contributed by atoms with E-state index in [0.717, 1.165) is 12.1 Å². The lowest BCUT2D eigenvalue weighted by Gasteiger charge is -2.10. The minimum Gasteiger partial charge on any atom is -0.398 e. The Morgan fingerprint density at radius 1 is 1.00 bits per heavy atom. The maximum Gasteiger partial charge on any atom is 0.0352 e. The third-order valence-corrected chi connectivity index (χ3v) is 3.75.